The van der Waals surface area contributed by atoms with Gasteiger partial charge in [-0.2, -0.15) is 0 Å². The van der Waals surface area contributed by atoms with Gasteiger partial charge in [0, 0.05) is 18.0 Å². The maximum absolute atomic E-state index is 14.3. The topological polar surface area (TPSA) is 122 Å². The Morgan fingerprint density at radius 1 is 1.09 bits per heavy atom. The van der Waals surface area contributed by atoms with Gasteiger partial charge in [-0.25, -0.2) is 33.4 Å². The highest BCUT2D eigenvalue weighted by Gasteiger charge is 2.25. The fourth-order valence-electron chi connectivity index (χ4n) is 3.98. The summed E-state index contributed by atoms with van der Waals surface area (Å²) in [5.41, 5.74) is 8.60. The fraction of sp³-hybridized carbons (Fsp3) is 0.182. The van der Waals surface area contributed by atoms with Crippen LogP contribution < -0.4 is 10.5 Å². The second-order valence-corrected chi connectivity index (χ2v) is 7.44. The first-order chi connectivity index (χ1) is 16.5. The third kappa shape index (κ3) is 3.39. The quantitative estimate of drug-likeness (QED) is 0.407. The first kappa shape index (κ1) is 21.4. The summed E-state index contributed by atoms with van der Waals surface area (Å²) in [5.74, 6) is -1.31. The predicted molar refractivity (Wildman–Crippen MR) is 119 cm³/mol. The SMILES string of the molecule is CCC(c1cn(-c2cccc(F)c2F)nn1)n1cc(-c2cncnc2OC)c2c(N)ncnc21. The monoisotopic (exact) mass is 463 g/mol. The van der Waals surface area contributed by atoms with Crippen LogP contribution >= 0.6 is 0 Å². The highest BCUT2D eigenvalue weighted by atomic mass is 19.2. The Hall–Kier alpha value is -4.48. The third-order valence-electron chi connectivity index (χ3n) is 5.55. The van der Waals surface area contributed by atoms with Gasteiger partial charge in [-0.1, -0.05) is 18.2 Å². The molecular formula is C22H19F2N9O. The lowest BCUT2D eigenvalue weighted by Crippen LogP contribution is -2.10. The molecule has 0 saturated carbocycles. The standard InChI is InChI=1S/C22H19F2N9O/c1-3-16(15-9-33(31-30-15)17-6-4-5-14(23)19(17)24)32-8-13(12-7-26-10-29-22(12)34-2)18-20(25)27-11-28-21(18)32/h4-11,16H,3H2,1-2H3,(H2,25,27,28). The van der Waals surface area contributed by atoms with Crippen LogP contribution in [0.15, 0.2) is 49.4 Å². The van der Waals surface area contributed by atoms with Crippen molar-refractivity contribution in [2.24, 2.45) is 0 Å². The van der Waals surface area contributed by atoms with Crippen LogP contribution in [0.25, 0.3) is 27.8 Å². The van der Waals surface area contributed by atoms with Crippen LogP contribution in [0.4, 0.5) is 14.6 Å². The number of methoxy groups -OCH3 is 1. The molecule has 0 radical (unpaired) electrons. The average Bonchev–Trinajstić information content (AvgIpc) is 3.48. The first-order valence-electron chi connectivity index (χ1n) is 10.4. The van der Waals surface area contributed by atoms with E-state index in [0.29, 0.717) is 40.2 Å². The number of benzene rings is 1. The Morgan fingerprint density at radius 3 is 2.74 bits per heavy atom. The second-order valence-electron chi connectivity index (χ2n) is 7.44. The molecule has 0 fully saturated rings. The number of rotatable bonds is 6. The Balaban J connectivity index is 1.67. The zero-order valence-corrected chi connectivity index (χ0v) is 18.2. The second kappa shape index (κ2) is 8.46. The molecule has 1 atom stereocenters. The molecule has 5 aromatic rings. The van der Waals surface area contributed by atoms with Crippen LogP contribution in [0.2, 0.25) is 0 Å². The Kier molecular flexibility index (Phi) is 5.32. The van der Waals surface area contributed by atoms with Crippen LogP contribution in [-0.2, 0) is 0 Å². The molecule has 34 heavy (non-hydrogen) atoms. The average molecular weight is 463 g/mol. The molecule has 4 heterocycles. The van der Waals surface area contributed by atoms with E-state index < -0.39 is 11.6 Å². The van der Waals surface area contributed by atoms with Gasteiger partial charge in [0.25, 0.3) is 0 Å². The van der Waals surface area contributed by atoms with Crippen molar-refractivity contribution < 1.29 is 13.5 Å². The normalized spacial score (nSPS) is 12.2. The maximum Gasteiger partial charge on any atom is 0.224 e. The van der Waals surface area contributed by atoms with Gasteiger partial charge < -0.3 is 15.0 Å². The molecule has 0 amide bonds. The summed E-state index contributed by atoms with van der Waals surface area (Å²) in [5, 5.41) is 8.87. The van der Waals surface area contributed by atoms with E-state index in [1.54, 1.807) is 12.4 Å². The number of halogens is 2. The van der Waals surface area contributed by atoms with Crippen molar-refractivity contribution in [2.45, 2.75) is 19.4 Å². The Bertz CT molecular complexity index is 1500. The minimum Gasteiger partial charge on any atom is -0.480 e. The zero-order chi connectivity index (χ0) is 23.8. The number of ether oxygens (including phenoxy) is 1. The number of aromatic nitrogens is 8. The maximum atomic E-state index is 14.3. The van der Waals surface area contributed by atoms with Gasteiger partial charge in [-0.15, -0.1) is 5.10 Å². The summed E-state index contributed by atoms with van der Waals surface area (Å²) in [6, 6.07) is 3.54. The molecule has 0 saturated heterocycles. The van der Waals surface area contributed by atoms with E-state index in [9.17, 15) is 8.78 Å². The van der Waals surface area contributed by atoms with Crippen molar-refractivity contribution in [3.63, 3.8) is 0 Å². The Morgan fingerprint density at radius 2 is 1.94 bits per heavy atom. The lowest BCUT2D eigenvalue weighted by molar-refractivity contribution is 0.398. The van der Waals surface area contributed by atoms with Crippen LogP contribution in [0.3, 0.4) is 0 Å². The van der Waals surface area contributed by atoms with E-state index in [-0.39, 0.29) is 17.5 Å². The minimum atomic E-state index is -1.00. The van der Waals surface area contributed by atoms with Crippen LogP contribution in [0.1, 0.15) is 25.1 Å². The number of nitrogens with two attached hydrogens (primary N) is 1. The van der Waals surface area contributed by atoms with E-state index in [1.807, 2.05) is 17.7 Å². The molecule has 2 N–H and O–H groups in total. The van der Waals surface area contributed by atoms with Crippen LogP contribution in [0.5, 0.6) is 5.88 Å². The van der Waals surface area contributed by atoms with Gasteiger partial charge in [0.2, 0.25) is 5.88 Å². The van der Waals surface area contributed by atoms with Crippen molar-refractivity contribution in [3.05, 3.63) is 66.8 Å². The van der Waals surface area contributed by atoms with Crippen molar-refractivity contribution in [1.82, 2.24) is 39.5 Å². The molecule has 0 aliphatic heterocycles. The molecule has 4 aromatic heterocycles. The van der Waals surface area contributed by atoms with Crippen LogP contribution in [0, 0.1) is 11.6 Å². The van der Waals surface area contributed by atoms with E-state index >= 15 is 0 Å². The van der Waals surface area contributed by atoms with Gasteiger partial charge >= 0.3 is 0 Å². The Labute approximate surface area is 192 Å². The molecule has 1 unspecified atom stereocenters. The molecule has 0 bridgehead atoms. The van der Waals surface area contributed by atoms with Gasteiger partial charge in [0.05, 0.1) is 30.3 Å². The van der Waals surface area contributed by atoms with Gasteiger partial charge in [0.15, 0.2) is 11.6 Å². The number of hydrogen-bond donors (Lipinski definition) is 1. The number of fused-ring (bicyclic) bond motifs is 1. The van der Waals surface area contributed by atoms with Gasteiger partial charge in [-0.3, -0.25) is 0 Å². The summed E-state index contributed by atoms with van der Waals surface area (Å²) >= 11 is 0. The van der Waals surface area contributed by atoms with Gasteiger partial charge in [-0.05, 0) is 18.6 Å². The molecule has 0 spiro atoms. The third-order valence-corrected chi connectivity index (χ3v) is 5.55. The predicted octanol–water partition coefficient (Wildman–Crippen LogP) is 3.34. The van der Waals surface area contributed by atoms with E-state index in [1.165, 1.54) is 36.6 Å². The molecular weight excluding hydrogens is 444 g/mol. The summed E-state index contributed by atoms with van der Waals surface area (Å²) < 4.78 is 36.5. The molecule has 1 aromatic carbocycles. The van der Waals surface area contributed by atoms with Crippen molar-refractivity contribution in [3.8, 4) is 22.7 Å². The molecule has 0 aliphatic carbocycles. The summed E-state index contributed by atoms with van der Waals surface area (Å²) in [6.45, 7) is 1.97. The number of nitrogen functional groups attached to an aromatic ring is 1. The number of anilines is 1. The largest absolute Gasteiger partial charge is 0.480 e. The summed E-state index contributed by atoms with van der Waals surface area (Å²) in [7, 11) is 1.52. The van der Waals surface area contributed by atoms with E-state index in [2.05, 4.69) is 30.2 Å². The van der Waals surface area contributed by atoms with E-state index in [0.717, 1.165) is 6.07 Å². The van der Waals surface area contributed by atoms with Crippen molar-refractivity contribution >= 4 is 16.9 Å². The fourth-order valence-corrected chi connectivity index (χ4v) is 3.98. The minimum absolute atomic E-state index is 0.0376. The molecule has 10 nitrogen and oxygen atoms in total. The highest BCUT2D eigenvalue weighted by molar-refractivity contribution is 6.01. The lowest BCUT2D eigenvalue weighted by Gasteiger charge is -2.15. The van der Waals surface area contributed by atoms with Crippen molar-refractivity contribution in [1.29, 1.82) is 0 Å². The molecule has 0 aliphatic rings. The van der Waals surface area contributed by atoms with Crippen molar-refractivity contribution in [2.75, 3.05) is 12.8 Å². The summed E-state index contributed by atoms with van der Waals surface area (Å²) in [6.07, 6.45) is 8.41. The number of nitrogens with zero attached hydrogens (tertiary/aromatic N) is 8. The van der Waals surface area contributed by atoms with Crippen LogP contribution in [-0.4, -0.2) is 46.6 Å². The smallest absolute Gasteiger partial charge is 0.224 e. The molecule has 172 valence electrons. The number of hydrogen-bond acceptors (Lipinski definition) is 8. The molecule has 5 rings (SSSR count). The first-order valence-corrected chi connectivity index (χ1v) is 10.4. The highest BCUT2D eigenvalue weighted by Crippen LogP contribution is 2.38. The van der Waals surface area contributed by atoms with Gasteiger partial charge in [0.1, 0.15) is 35.5 Å². The lowest BCUT2D eigenvalue weighted by atomic mass is 10.1. The molecule has 12 heteroatoms. The van der Waals surface area contributed by atoms with E-state index in [4.69, 9.17) is 10.5 Å². The zero-order valence-electron chi connectivity index (χ0n) is 18.2. The summed E-state index contributed by atoms with van der Waals surface area (Å²) in [4.78, 5) is 16.9.